The Balaban J connectivity index is 2.86. The molecule has 0 heterocycles. The molecule has 1 aromatic carbocycles. The van der Waals surface area contributed by atoms with Crippen LogP contribution in [-0.2, 0) is 27.1 Å². The van der Waals surface area contributed by atoms with E-state index in [9.17, 15) is 9.59 Å². The van der Waals surface area contributed by atoms with E-state index in [1.54, 1.807) is 14.2 Å². The van der Waals surface area contributed by atoms with E-state index in [-0.39, 0.29) is 19.2 Å². The fraction of sp³-hybridized carbons (Fsp3) is 0.467. The van der Waals surface area contributed by atoms with Crippen LogP contribution in [0.2, 0.25) is 0 Å². The maximum absolute atomic E-state index is 10.8. The van der Waals surface area contributed by atoms with Crippen LogP contribution < -0.4 is 15.2 Å². The van der Waals surface area contributed by atoms with Gasteiger partial charge in [0.2, 0.25) is 0 Å². The number of hydrogen-bond acceptors (Lipinski definition) is 6. The molecule has 0 fully saturated rings. The summed E-state index contributed by atoms with van der Waals surface area (Å²) in [4.78, 5) is 21.4. The van der Waals surface area contributed by atoms with Crippen molar-refractivity contribution < 1.29 is 28.5 Å². The zero-order valence-electron chi connectivity index (χ0n) is 13.0. The number of rotatable bonds is 8. The summed E-state index contributed by atoms with van der Waals surface area (Å²) in [5.74, 6) is 0.972. The summed E-state index contributed by atoms with van der Waals surface area (Å²) in [6.07, 6.45) is 0.146. The van der Waals surface area contributed by atoms with Gasteiger partial charge in [0.15, 0.2) is 0 Å². The average Bonchev–Trinajstić information content (AvgIpc) is 2.47. The van der Waals surface area contributed by atoms with Crippen molar-refractivity contribution in [1.82, 2.24) is 0 Å². The van der Waals surface area contributed by atoms with Crippen LogP contribution in [0.15, 0.2) is 12.1 Å². The van der Waals surface area contributed by atoms with Gasteiger partial charge in [-0.15, -0.1) is 0 Å². The van der Waals surface area contributed by atoms with Crippen LogP contribution in [0, 0.1) is 0 Å². The minimum atomic E-state index is -0.816. The van der Waals surface area contributed by atoms with Crippen LogP contribution in [-0.4, -0.2) is 39.5 Å². The third kappa shape index (κ3) is 5.51. The van der Waals surface area contributed by atoms with Gasteiger partial charge in [-0.2, -0.15) is 0 Å². The molecule has 1 amide bonds. The normalized spacial score (nSPS) is 9.95. The molecule has 0 saturated heterocycles. The second-order valence-electron chi connectivity index (χ2n) is 4.48. The zero-order valence-corrected chi connectivity index (χ0v) is 13.0. The Labute approximate surface area is 129 Å². The van der Waals surface area contributed by atoms with Gasteiger partial charge in [-0.05, 0) is 12.1 Å². The van der Waals surface area contributed by atoms with Gasteiger partial charge < -0.3 is 24.7 Å². The van der Waals surface area contributed by atoms with Crippen LogP contribution in [0.1, 0.15) is 18.1 Å². The second-order valence-corrected chi connectivity index (χ2v) is 4.48. The molecular weight excluding hydrogens is 290 g/mol. The molecule has 7 nitrogen and oxygen atoms in total. The van der Waals surface area contributed by atoms with E-state index < -0.39 is 6.09 Å². The molecule has 1 rings (SSSR count). The number of amides is 1. The van der Waals surface area contributed by atoms with Crippen molar-refractivity contribution in [1.29, 1.82) is 0 Å². The molecule has 0 spiro atoms. The molecule has 0 aliphatic heterocycles. The molecule has 122 valence electrons. The number of carbonyl (C=O) groups excluding carboxylic acids is 2. The minimum Gasteiger partial charge on any atom is -0.496 e. The highest BCUT2D eigenvalue weighted by molar-refractivity contribution is 5.66. The van der Waals surface area contributed by atoms with Crippen LogP contribution in [0.5, 0.6) is 11.5 Å². The lowest BCUT2D eigenvalue weighted by atomic mass is 10.0. The quantitative estimate of drug-likeness (QED) is 0.730. The number of hydrogen-bond donors (Lipinski definition) is 1. The van der Waals surface area contributed by atoms with Gasteiger partial charge in [0.1, 0.15) is 11.5 Å². The highest BCUT2D eigenvalue weighted by Crippen LogP contribution is 2.29. The van der Waals surface area contributed by atoms with Crippen LogP contribution in [0.25, 0.3) is 0 Å². The monoisotopic (exact) mass is 311 g/mol. The number of benzene rings is 1. The zero-order chi connectivity index (χ0) is 16.5. The summed E-state index contributed by atoms with van der Waals surface area (Å²) in [6.45, 7) is 1.78. The summed E-state index contributed by atoms with van der Waals surface area (Å²) >= 11 is 0. The van der Waals surface area contributed by atoms with E-state index in [0.29, 0.717) is 24.3 Å². The van der Waals surface area contributed by atoms with E-state index in [0.717, 1.165) is 11.1 Å². The molecular formula is C15H21NO6. The van der Waals surface area contributed by atoms with Crippen molar-refractivity contribution in [3.8, 4) is 11.5 Å². The lowest BCUT2D eigenvalue weighted by Gasteiger charge is -2.15. The highest BCUT2D eigenvalue weighted by Gasteiger charge is 2.12. The Bertz CT molecular complexity index is 481. The first-order chi connectivity index (χ1) is 10.5. The highest BCUT2D eigenvalue weighted by atomic mass is 16.5. The standard InChI is InChI=1S/C15H21NO6/c1-10(17)21-6-4-11-8-14(20-3)12(9-13(11)19-2)5-7-22-15(16)18/h8-9H,4-7H2,1-3H3,(H2,16,18). The van der Waals surface area contributed by atoms with Gasteiger partial charge in [0.05, 0.1) is 27.4 Å². The fourth-order valence-electron chi connectivity index (χ4n) is 1.98. The summed E-state index contributed by atoms with van der Waals surface area (Å²) in [7, 11) is 3.11. The fourth-order valence-corrected chi connectivity index (χ4v) is 1.98. The third-order valence-electron chi connectivity index (χ3n) is 2.98. The molecule has 0 aliphatic rings. The molecule has 0 saturated carbocycles. The molecule has 0 aliphatic carbocycles. The van der Waals surface area contributed by atoms with Crippen molar-refractivity contribution in [2.75, 3.05) is 27.4 Å². The molecule has 0 aromatic heterocycles. The van der Waals surface area contributed by atoms with Gasteiger partial charge in [-0.1, -0.05) is 0 Å². The van der Waals surface area contributed by atoms with Crippen molar-refractivity contribution in [3.05, 3.63) is 23.3 Å². The average molecular weight is 311 g/mol. The van der Waals surface area contributed by atoms with Crippen molar-refractivity contribution in [3.63, 3.8) is 0 Å². The first-order valence-electron chi connectivity index (χ1n) is 6.77. The Morgan fingerprint density at radius 3 is 1.77 bits per heavy atom. The van der Waals surface area contributed by atoms with Gasteiger partial charge in [0, 0.05) is 30.9 Å². The Kier molecular flexibility index (Phi) is 7.01. The molecule has 22 heavy (non-hydrogen) atoms. The SMILES string of the molecule is COc1cc(CCOC(N)=O)c(OC)cc1CCOC(C)=O. The van der Waals surface area contributed by atoms with E-state index in [1.165, 1.54) is 6.92 Å². The van der Waals surface area contributed by atoms with E-state index in [1.807, 2.05) is 12.1 Å². The molecule has 0 radical (unpaired) electrons. The molecule has 2 N–H and O–H groups in total. The number of nitrogens with two attached hydrogens (primary N) is 1. The largest absolute Gasteiger partial charge is 0.496 e. The number of ether oxygens (including phenoxy) is 4. The van der Waals surface area contributed by atoms with E-state index in [2.05, 4.69) is 0 Å². The maximum atomic E-state index is 10.8. The van der Waals surface area contributed by atoms with Crippen LogP contribution in [0.4, 0.5) is 4.79 Å². The summed E-state index contributed by atoms with van der Waals surface area (Å²) in [5.41, 5.74) is 6.62. The molecule has 0 bridgehead atoms. The predicted molar refractivity (Wildman–Crippen MR) is 79.1 cm³/mol. The first-order valence-corrected chi connectivity index (χ1v) is 6.77. The molecule has 7 heteroatoms. The van der Waals surface area contributed by atoms with Crippen molar-refractivity contribution in [2.45, 2.75) is 19.8 Å². The van der Waals surface area contributed by atoms with E-state index in [4.69, 9.17) is 24.7 Å². The van der Waals surface area contributed by atoms with Crippen LogP contribution in [0.3, 0.4) is 0 Å². The van der Waals surface area contributed by atoms with Gasteiger partial charge in [0.25, 0.3) is 0 Å². The number of esters is 1. The van der Waals surface area contributed by atoms with E-state index >= 15 is 0 Å². The lowest BCUT2D eigenvalue weighted by molar-refractivity contribution is -0.140. The van der Waals surface area contributed by atoms with Crippen molar-refractivity contribution >= 4 is 12.1 Å². The van der Waals surface area contributed by atoms with Crippen molar-refractivity contribution in [2.24, 2.45) is 5.73 Å². The predicted octanol–water partition coefficient (Wildman–Crippen LogP) is 1.45. The second kappa shape index (κ2) is 8.76. The lowest BCUT2D eigenvalue weighted by Crippen LogP contribution is -2.15. The summed E-state index contributed by atoms with van der Waals surface area (Å²) < 4.78 is 20.3. The topological polar surface area (TPSA) is 97.1 Å². The van der Waals surface area contributed by atoms with Gasteiger partial charge in [-0.25, -0.2) is 4.79 Å². The smallest absolute Gasteiger partial charge is 0.404 e. The Hall–Kier alpha value is -2.44. The van der Waals surface area contributed by atoms with Crippen LogP contribution >= 0.6 is 0 Å². The third-order valence-corrected chi connectivity index (χ3v) is 2.98. The Morgan fingerprint density at radius 2 is 1.41 bits per heavy atom. The maximum Gasteiger partial charge on any atom is 0.404 e. The molecule has 0 atom stereocenters. The van der Waals surface area contributed by atoms with Gasteiger partial charge >= 0.3 is 12.1 Å². The summed E-state index contributed by atoms with van der Waals surface area (Å²) in [6, 6.07) is 3.63. The number of carbonyl (C=O) groups is 2. The molecule has 0 unspecified atom stereocenters. The first kappa shape index (κ1) is 17.6. The van der Waals surface area contributed by atoms with Gasteiger partial charge in [-0.3, -0.25) is 4.79 Å². The minimum absolute atomic E-state index is 0.154. The number of methoxy groups -OCH3 is 2. The Morgan fingerprint density at radius 1 is 0.955 bits per heavy atom. The number of primary amides is 1. The summed E-state index contributed by atoms with van der Waals surface area (Å²) in [5, 5.41) is 0. The molecule has 1 aromatic rings.